The topological polar surface area (TPSA) is 125 Å². The summed E-state index contributed by atoms with van der Waals surface area (Å²) in [5.41, 5.74) is 1.27. The zero-order valence-corrected chi connectivity index (χ0v) is 19.0. The maximum atomic E-state index is 12.4. The highest BCUT2D eigenvalue weighted by atomic mass is 16.6. The number of ether oxygens (including phenoxy) is 4. The minimum absolute atomic E-state index is 0.0245. The van der Waals surface area contributed by atoms with Crippen molar-refractivity contribution in [1.29, 1.82) is 0 Å². The number of fused-ring (bicyclic) bond motifs is 3. The number of aliphatic hydroxyl groups excluding tert-OH is 1. The predicted molar refractivity (Wildman–Crippen MR) is 119 cm³/mol. The molecule has 0 bridgehead atoms. The average Bonchev–Trinajstić information content (AvgIpc) is 3.22. The van der Waals surface area contributed by atoms with Crippen molar-refractivity contribution in [2.45, 2.75) is 38.1 Å². The Morgan fingerprint density at radius 3 is 2.32 bits per heavy atom. The van der Waals surface area contributed by atoms with Crippen LogP contribution in [0.3, 0.4) is 0 Å². The molecule has 0 radical (unpaired) electrons. The maximum Gasteiger partial charge on any atom is 0.337 e. The number of rotatable bonds is 7. The van der Waals surface area contributed by atoms with Gasteiger partial charge in [0, 0.05) is 24.8 Å². The molecule has 6 atom stereocenters. The lowest BCUT2D eigenvalue weighted by Crippen LogP contribution is -2.36. The molecule has 1 N–H and O–H groups in total. The molecule has 3 fully saturated rings. The first-order valence-electron chi connectivity index (χ1n) is 10.7. The molecule has 182 valence electrons. The van der Waals surface area contributed by atoms with Crippen LogP contribution in [0.1, 0.15) is 19.8 Å². The van der Waals surface area contributed by atoms with E-state index < -0.39 is 60.6 Å². The molecule has 9 nitrogen and oxygen atoms in total. The van der Waals surface area contributed by atoms with Crippen molar-refractivity contribution in [3.8, 4) is 0 Å². The highest BCUT2D eigenvalue weighted by Gasteiger charge is 2.57. The van der Waals surface area contributed by atoms with Gasteiger partial charge in [-0.1, -0.05) is 38.5 Å². The average molecular weight is 472 g/mol. The summed E-state index contributed by atoms with van der Waals surface area (Å²) in [6.07, 6.45) is -1.68. The van der Waals surface area contributed by atoms with Gasteiger partial charge < -0.3 is 24.1 Å². The fourth-order valence-electron chi connectivity index (χ4n) is 4.72. The van der Waals surface area contributed by atoms with Crippen LogP contribution in [0.5, 0.6) is 0 Å². The first-order chi connectivity index (χ1) is 16.0. The Balaban J connectivity index is 1.82. The molecule has 3 aliphatic rings. The highest BCUT2D eigenvalue weighted by molar-refractivity contribution is 5.92. The minimum Gasteiger partial charge on any atom is -0.461 e. The standard InChI is InChI=1S/C25H28O9/c1-11-7-19(33-23(28)12(2)9-26)21-15(5)25(30)34-22(21)20-14(4)18(8-17(11)20)32-24(29)13(3)10-31-16(6)27/h17-22,26H,1-5,7-10H2,6H3/t17-,18-,19-,20-,21+,22-/m0/s1. The molecule has 2 aliphatic carbocycles. The second-order valence-corrected chi connectivity index (χ2v) is 8.71. The molecule has 1 saturated heterocycles. The van der Waals surface area contributed by atoms with Crippen LogP contribution < -0.4 is 0 Å². The van der Waals surface area contributed by atoms with Crippen molar-refractivity contribution < 1.29 is 43.2 Å². The lowest BCUT2D eigenvalue weighted by Gasteiger charge is -2.28. The summed E-state index contributed by atoms with van der Waals surface area (Å²) in [6, 6.07) is 0. The molecule has 0 aromatic rings. The molecule has 0 aromatic heterocycles. The second kappa shape index (κ2) is 9.80. The van der Waals surface area contributed by atoms with Gasteiger partial charge in [0.15, 0.2) is 0 Å². The van der Waals surface area contributed by atoms with Crippen LogP contribution in [0, 0.1) is 17.8 Å². The number of esters is 4. The first kappa shape index (κ1) is 25.2. The van der Waals surface area contributed by atoms with E-state index in [1.54, 1.807) is 0 Å². The van der Waals surface area contributed by atoms with Crippen LogP contribution in [0.25, 0.3) is 0 Å². The Morgan fingerprint density at radius 1 is 1.06 bits per heavy atom. The van der Waals surface area contributed by atoms with Gasteiger partial charge in [0.05, 0.1) is 23.7 Å². The van der Waals surface area contributed by atoms with Gasteiger partial charge >= 0.3 is 23.9 Å². The molecule has 34 heavy (non-hydrogen) atoms. The van der Waals surface area contributed by atoms with Gasteiger partial charge in [0.2, 0.25) is 0 Å². The van der Waals surface area contributed by atoms with E-state index in [9.17, 15) is 24.3 Å². The van der Waals surface area contributed by atoms with Crippen molar-refractivity contribution in [3.05, 3.63) is 60.8 Å². The van der Waals surface area contributed by atoms with E-state index >= 15 is 0 Å². The second-order valence-electron chi connectivity index (χ2n) is 8.71. The smallest absolute Gasteiger partial charge is 0.337 e. The van der Waals surface area contributed by atoms with Crippen molar-refractivity contribution in [1.82, 2.24) is 0 Å². The van der Waals surface area contributed by atoms with Gasteiger partial charge in [-0.05, 0) is 17.9 Å². The minimum atomic E-state index is -0.796. The largest absolute Gasteiger partial charge is 0.461 e. The molecule has 0 spiro atoms. The van der Waals surface area contributed by atoms with Gasteiger partial charge in [-0.25, -0.2) is 14.4 Å². The normalized spacial score (nSPS) is 29.9. The third-order valence-corrected chi connectivity index (χ3v) is 6.47. The summed E-state index contributed by atoms with van der Waals surface area (Å²) in [7, 11) is 0. The van der Waals surface area contributed by atoms with Crippen molar-refractivity contribution >= 4 is 23.9 Å². The molecule has 0 aromatic carbocycles. The van der Waals surface area contributed by atoms with Crippen molar-refractivity contribution in [2.75, 3.05) is 13.2 Å². The summed E-state index contributed by atoms with van der Waals surface area (Å²) in [6.45, 7) is 19.5. The first-order valence-corrected chi connectivity index (χ1v) is 10.7. The molecule has 2 saturated carbocycles. The molecule has 0 unspecified atom stereocenters. The quantitative estimate of drug-likeness (QED) is 0.255. The number of hydrogen-bond acceptors (Lipinski definition) is 9. The van der Waals surface area contributed by atoms with Crippen LogP contribution in [0.4, 0.5) is 0 Å². The SMILES string of the molecule is C=C(COC(C)=O)C(=O)O[C@H]1C[C@H]2C(=C)C[C@H](OC(=O)C(=C)CO)[C@H]3C(=C)C(=O)O[C@H]3[C@H]2C1=C. The molecule has 9 heteroatoms. The van der Waals surface area contributed by atoms with E-state index in [1.807, 2.05) is 0 Å². The van der Waals surface area contributed by atoms with Crippen LogP contribution in [0.2, 0.25) is 0 Å². The van der Waals surface area contributed by atoms with Crippen LogP contribution in [-0.4, -0.2) is 60.5 Å². The van der Waals surface area contributed by atoms with Crippen molar-refractivity contribution in [3.63, 3.8) is 0 Å². The number of hydrogen-bond donors (Lipinski definition) is 1. The van der Waals surface area contributed by atoms with Gasteiger partial charge in [-0.15, -0.1) is 0 Å². The van der Waals surface area contributed by atoms with E-state index in [-0.39, 0.29) is 35.7 Å². The van der Waals surface area contributed by atoms with Gasteiger partial charge in [-0.2, -0.15) is 0 Å². The van der Waals surface area contributed by atoms with Crippen molar-refractivity contribution in [2.24, 2.45) is 17.8 Å². The Bertz CT molecular complexity index is 1000. The van der Waals surface area contributed by atoms with Crippen LogP contribution in [-0.2, 0) is 38.1 Å². The Kier molecular flexibility index (Phi) is 7.26. The van der Waals surface area contributed by atoms with E-state index in [0.29, 0.717) is 17.6 Å². The highest BCUT2D eigenvalue weighted by Crippen LogP contribution is 2.53. The molecule has 0 amide bonds. The fraction of sp³-hybridized carbons (Fsp3) is 0.440. The fourth-order valence-corrected chi connectivity index (χ4v) is 4.72. The monoisotopic (exact) mass is 472 g/mol. The predicted octanol–water partition coefficient (Wildman–Crippen LogP) is 1.73. The summed E-state index contributed by atoms with van der Waals surface area (Å²) in [5, 5.41) is 9.19. The number of carbonyl (C=O) groups excluding carboxylic acids is 4. The number of carbonyl (C=O) groups is 4. The maximum absolute atomic E-state index is 12.4. The van der Waals surface area contributed by atoms with E-state index in [4.69, 9.17) is 18.9 Å². The molecule has 1 aliphatic heterocycles. The summed E-state index contributed by atoms with van der Waals surface area (Å²) >= 11 is 0. The van der Waals surface area contributed by atoms with Gasteiger partial charge in [0.1, 0.15) is 24.9 Å². The molecular weight excluding hydrogens is 444 g/mol. The summed E-state index contributed by atoms with van der Waals surface area (Å²) < 4.78 is 21.6. The van der Waals surface area contributed by atoms with Crippen LogP contribution >= 0.6 is 0 Å². The summed E-state index contributed by atoms with van der Waals surface area (Å²) in [5.74, 6) is -4.03. The molecule has 3 rings (SSSR count). The zero-order valence-electron chi connectivity index (χ0n) is 19.0. The third-order valence-electron chi connectivity index (χ3n) is 6.47. The van der Waals surface area contributed by atoms with E-state index in [0.717, 1.165) is 0 Å². The molecular formula is C25H28O9. The van der Waals surface area contributed by atoms with Gasteiger partial charge in [0.25, 0.3) is 0 Å². The third kappa shape index (κ3) is 4.75. The Morgan fingerprint density at radius 2 is 1.71 bits per heavy atom. The Labute approximate surface area is 197 Å². The van der Waals surface area contributed by atoms with E-state index in [2.05, 4.69) is 32.9 Å². The van der Waals surface area contributed by atoms with Gasteiger partial charge in [-0.3, -0.25) is 4.79 Å². The van der Waals surface area contributed by atoms with Crippen LogP contribution in [0.15, 0.2) is 60.8 Å². The lowest BCUT2D eigenvalue weighted by molar-refractivity contribution is -0.150. The molecule has 1 heterocycles. The van der Waals surface area contributed by atoms with E-state index in [1.165, 1.54) is 6.92 Å². The Hall–Kier alpha value is -3.46. The lowest BCUT2D eigenvalue weighted by atomic mass is 9.81. The summed E-state index contributed by atoms with van der Waals surface area (Å²) in [4.78, 5) is 48.1. The zero-order chi connectivity index (χ0) is 25.3. The number of aliphatic hydroxyl groups is 1.